The lowest BCUT2D eigenvalue weighted by atomic mass is 10.1. The second-order valence-electron chi connectivity index (χ2n) is 4.81. The first-order valence-corrected chi connectivity index (χ1v) is 6.81. The largest absolute Gasteiger partial charge is 0.392 e. The number of aromatic nitrogens is 1. The number of benzene rings is 1. The summed E-state index contributed by atoms with van der Waals surface area (Å²) in [5, 5.41) is 12.5. The summed E-state index contributed by atoms with van der Waals surface area (Å²) in [6.45, 7) is 6.25. The Morgan fingerprint density at radius 2 is 1.84 bits per heavy atom. The fourth-order valence-electron chi connectivity index (χ4n) is 2.32. The first-order valence-electron chi connectivity index (χ1n) is 6.81. The normalized spacial score (nSPS) is 12.6. The van der Waals surface area contributed by atoms with E-state index in [-0.39, 0.29) is 6.61 Å². The van der Waals surface area contributed by atoms with Gasteiger partial charge in [-0.25, -0.2) is 0 Å². The molecule has 3 nitrogen and oxygen atoms in total. The summed E-state index contributed by atoms with van der Waals surface area (Å²) in [5.74, 6) is 0. The van der Waals surface area contributed by atoms with Crippen molar-refractivity contribution in [2.75, 3.05) is 6.54 Å². The van der Waals surface area contributed by atoms with E-state index in [2.05, 4.69) is 54.2 Å². The van der Waals surface area contributed by atoms with Crippen molar-refractivity contribution in [1.82, 2.24) is 9.88 Å². The van der Waals surface area contributed by atoms with Crippen molar-refractivity contribution in [3.63, 3.8) is 0 Å². The van der Waals surface area contributed by atoms with Crippen molar-refractivity contribution >= 4 is 0 Å². The quantitative estimate of drug-likeness (QED) is 0.836. The van der Waals surface area contributed by atoms with Gasteiger partial charge in [0.1, 0.15) is 0 Å². The second-order valence-corrected chi connectivity index (χ2v) is 4.81. The number of hydrogen-bond donors (Lipinski definition) is 2. The van der Waals surface area contributed by atoms with E-state index in [9.17, 15) is 0 Å². The molecule has 19 heavy (non-hydrogen) atoms. The molecule has 0 bridgehead atoms. The molecule has 0 spiro atoms. The number of hydrogen-bond acceptors (Lipinski definition) is 2. The van der Waals surface area contributed by atoms with Crippen LogP contribution < -0.4 is 5.32 Å². The molecule has 1 aromatic heterocycles. The van der Waals surface area contributed by atoms with Crippen molar-refractivity contribution < 1.29 is 5.11 Å². The Labute approximate surface area is 114 Å². The van der Waals surface area contributed by atoms with E-state index < -0.39 is 0 Å². The third-order valence-corrected chi connectivity index (χ3v) is 3.38. The van der Waals surface area contributed by atoms with Gasteiger partial charge in [0.05, 0.1) is 6.61 Å². The number of nitrogens with zero attached hydrogens (tertiary/aromatic N) is 1. The van der Waals surface area contributed by atoms with Crippen LogP contribution in [0.5, 0.6) is 0 Å². The van der Waals surface area contributed by atoms with E-state index in [1.54, 1.807) is 0 Å². The summed E-state index contributed by atoms with van der Waals surface area (Å²) in [5.41, 5.74) is 3.50. The van der Waals surface area contributed by atoms with Gasteiger partial charge < -0.3 is 15.0 Å². The zero-order valence-corrected chi connectivity index (χ0v) is 11.6. The lowest BCUT2D eigenvalue weighted by molar-refractivity contribution is 0.282. The van der Waals surface area contributed by atoms with Gasteiger partial charge in [-0.15, -0.1) is 0 Å². The Balaban J connectivity index is 2.12. The molecule has 2 aromatic rings. The predicted molar refractivity (Wildman–Crippen MR) is 78.0 cm³/mol. The standard InChI is InChI=1S/C16H22N2O/c1-3-17-13(2)16-5-4-10-18(16)11-14-6-8-15(12-19)9-7-14/h4-10,13,17,19H,3,11-12H2,1-2H3. The maximum atomic E-state index is 9.05. The van der Waals surface area contributed by atoms with Crippen LogP contribution in [0.1, 0.15) is 36.7 Å². The number of rotatable bonds is 6. The lowest BCUT2D eigenvalue weighted by Crippen LogP contribution is -2.20. The van der Waals surface area contributed by atoms with Gasteiger partial charge in [-0.05, 0) is 36.7 Å². The first kappa shape index (κ1) is 13.8. The van der Waals surface area contributed by atoms with Crippen LogP contribution in [-0.2, 0) is 13.2 Å². The van der Waals surface area contributed by atoms with E-state index in [1.165, 1.54) is 11.3 Å². The molecule has 1 heterocycles. The summed E-state index contributed by atoms with van der Waals surface area (Å²) in [7, 11) is 0. The highest BCUT2D eigenvalue weighted by Crippen LogP contribution is 2.15. The minimum Gasteiger partial charge on any atom is -0.392 e. The maximum absolute atomic E-state index is 9.05. The minimum absolute atomic E-state index is 0.104. The van der Waals surface area contributed by atoms with Gasteiger partial charge in [0.25, 0.3) is 0 Å². The van der Waals surface area contributed by atoms with Crippen LogP contribution in [0.15, 0.2) is 42.6 Å². The van der Waals surface area contributed by atoms with Gasteiger partial charge in [0.15, 0.2) is 0 Å². The fraction of sp³-hybridized carbons (Fsp3) is 0.375. The van der Waals surface area contributed by atoms with Crippen molar-refractivity contribution in [2.45, 2.75) is 33.0 Å². The minimum atomic E-state index is 0.104. The Morgan fingerprint density at radius 1 is 1.16 bits per heavy atom. The molecule has 0 radical (unpaired) electrons. The molecular weight excluding hydrogens is 236 g/mol. The molecule has 0 fully saturated rings. The highest BCUT2D eigenvalue weighted by molar-refractivity contribution is 5.23. The van der Waals surface area contributed by atoms with Gasteiger partial charge in [-0.3, -0.25) is 0 Å². The van der Waals surface area contributed by atoms with Gasteiger partial charge in [0.2, 0.25) is 0 Å². The van der Waals surface area contributed by atoms with Crippen LogP contribution in [-0.4, -0.2) is 16.2 Å². The van der Waals surface area contributed by atoms with E-state index >= 15 is 0 Å². The molecule has 0 amide bonds. The van der Waals surface area contributed by atoms with Gasteiger partial charge in [0, 0.05) is 24.5 Å². The maximum Gasteiger partial charge on any atom is 0.0681 e. The Hall–Kier alpha value is -1.58. The van der Waals surface area contributed by atoms with Crippen LogP contribution >= 0.6 is 0 Å². The molecule has 2 rings (SSSR count). The summed E-state index contributed by atoms with van der Waals surface area (Å²) >= 11 is 0. The molecule has 1 atom stereocenters. The third kappa shape index (κ3) is 3.46. The molecule has 3 heteroatoms. The molecule has 0 aliphatic rings. The number of aliphatic hydroxyl groups excluding tert-OH is 1. The average Bonchev–Trinajstić information content (AvgIpc) is 2.88. The monoisotopic (exact) mass is 258 g/mol. The van der Waals surface area contributed by atoms with E-state index in [1.807, 2.05) is 12.1 Å². The van der Waals surface area contributed by atoms with E-state index in [0.717, 1.165) is 18.7 Å². The zero-order chi connectivity index (χ0) is 13.7. The molecule has 0 saturated carbocycles. The van der Waals surface area contributed by atoms with Crippen LogP contribution in [0.2, 0.25) is 0 Å². The summed E-state index contributed by atoms with van der Waals surface area (Å²) in [4.78, 5) is 0. The fourth-order valence-corrected chi connectivity index (χ4v) is 2.32. The van der Waals surface area contributed by atoms with Crippen LogP contribution in [0, 0.1) is 0 Å². The number of nitrogens with one attached hydrogen (secondary N) is 1. The Kier molecular flexibility index (Phi) is 4.77. The Bertz CT molecular complexity index is 502. The molecule has 0 aliphatic heterocycles. The van der Waals surface area contributed by atoms with E-state index in [4.69, 9.17) is 5.11 Å². The molecular formula is C16H22N2O. The number of aliphatic hydroxyl groups is 1. The second kappa shape index (κ2) is 6.55. The van der Waals surface area contributed by atoms with E-state index in [0.29, 0.717) is 6.04 Å². The zero-order valence-electron chi connectivity index (χ0n) is 11.6. The molecule has 102 valence electrons. The molecule has 1 unspecified atom stereocenters. The van der Waals surface area contributed by atoms with Crippen molar-refractivity contribution in [3.05, 3.63) is 59.4 Å². The molecule has 2 N–H and O–H groups in total. The average molecular weight is 258 g/mol. The third-order valence-electron chi connectivity index (χ3n) is 3.38. The van der Waals surface area contributed by atoms with Crippen molar-refractivity contribution in [1.29, 1.82) is 0 Å². The first-order chi connectivity index (χ1) is 9.24. The van der Waals surface area contributed by atoms with Crippen LogP contribution in [0.3, 0.4) is 0 Å². The SMILES string of the molecule is CCNC(C)c1cccn1Cc1ccc(CO)cc1. The highest BCUT2D eigenvalue weighted by Gasteiger charge is 2.08. The summed E-state index contributed by atoms with van der Waals surface area (Å²) in [6, 6.07) is 12.7. The van der Waals surface area contributed by atoms with Crippen molar-refractivity contribution in [3.8, 4) is 0 Å². The molecule has 0 saturated heterocycles. The predicted octanol–water partition coefficient (Wildman–Crippen LogP) is 2.70. The van der Waals surface area contributed by atoms with Gasteiger partial charge in [-0.2, -0.15) is 0 Å². The smallest absolute Gasteiger partial charge is 0.0681 e. The van der Waals surface area contributed by atoms with Gasteiger partial charge >= 0.3 is 0 Å². The lowest BCUT2D eigenvalue weighted by Gasteiger charge is -2.16. The summed E-state index contributed by atoms with van der Waals surface area (Å²) < 4.78 is 2.27. The summed E-state index contributed by atoms with van der Waals surface area (Å²) in [6.07, 6.45) is 2.11. The molecule has 1 aromatic carbocycles. The topological polar surface area (TPSA) is 37.2 Å². The van der Waals surface area contributed by atoms with Crippen LogP contribution in [0.25, 0.3) is 0 Å². The van der Waals surface area contributed by atoms with Gasteiger partial charge in [-0.1, -0.05) is 31.2 Å². The molecule has 0 aliphatic carbocycles. The van der Waals surface area contributed by atoms with Crippen molar-refractivity contribution in [2.24, 2.45) is 0 Å². The van der Waals surface area contributed by atoms with Crippen LogP contribution in [0.4, 0.5) is 0 Å². The Morgan fingerprint density at radius 3 is 2.47 bits per heavy atom. The highest BCUT2D eigenvalue weighted by atomic mass is 16.3.